The molecule has 1 N–H and O–H groups in total. The highest BCUT2D eigenvalue weighted by atomic mass is 19.1. The fourth-order valence-electron chi connectivity index (χ4n) is 1.94. The van der Waals surface area contributed by atoms with Crippen LogP contribution in [0.25, 0.3) is 11.1 Å². The van der Waals surface area contributed by atoms with Gasteiger partial charge in [0.15, 0.2) is 0 Å². The number of carboxylic acid groups (broad SMARTS) is 1. The molecule has 0 unspecified atom stereocenters. The molecule has 0 aliphatic heterocycles. The number of hydrogen-bond acceptors (Lipinski definition) is 2. The second-order valence-electron chi connectivity index (χ2n) is 4.18. The molecular formula is C15H13FO3. The van der Waals surface area contributed by atoms with Crippen LogP contribution in [0.5, 0.6) is 5.75 Å². The number of halogens is 1. The average molecular weight is 260 g/mol. The quantitative estimate of drug-likeness (QED) is 0.918. The van der Waals surface area contributed by atoms with Gasteiger partial charge in [0.1, 0.15) is 11.6 Å². The van der Waals surface area contributed by atoms with Gasteiger partial charge in [-0.3, -0.25) is 0 Å². The lowest BCUT2D eigenvalue weighted by Gasteiger charge is -2.09. The number of aryl methyl sites for hydroxylation is 1. The lowest BCUT2D eigenvalue weighted by molar-refractivity contribution is 0.0692. The third kappa shape index (κ3) is 2.57. The van der Waals surface area contributed by atoms with Gasteiger partial charge < -0.3 is 9.84 Å². The van der Waals surface area contributed by atoms with Gasteiger partial charge in [0, 0.05) is 0 Å². The Balaban J connectivity index is 2.53. The van der Waals surface area contributed by atoms with Gasteiger partial charge in [-0.2, -0.15) is 0 Å². The van der Waals surface area contributed by atoms with Crippen LogP contribution in [-0.4, -0.2) is 18.2 Å². The van der Waals surface area contributed by atoms with E-state index in [1.54, 1.807) is 19.2 Å². The summed E-state index contributed by atoms with van der Waals surface area (Å²) in [5.41, 5.74) is 2.12. The number of carboxylic acids is 1. The Kier molecular flexibility index (Phi) is 3.51. The molecular weight excluding hydrogens is 247 g/mol. The van der Waals surface area contributed by atoms with Crippen LogP contribution in [0.1, 0.15) is 15.9 Å². The van der Waals surface area contributed by atoms with Crippen LogP contribution in [0.4, 0.5) is 4.39 Å². The summed E-state index contributed by atoms with van der Waals surface area (Å²) < 4.78 is 18.5. The van der Waals surface area contributed by atoms with Crippen molar-refractivity contribution in [1.82, 2.24) is 0 Å². The summed E-state index contributed by atoms with van der Waals surface area (Å²) in [6, 6.07) is 9.53. The first kappa shape index (κ1) is 13.1. The minimum Gasteiger partial charge on any atom is -0.497 e. The van der Waals surface area contributed by atoms with Crippen molar-refractivity contribution in [2.45, 2.75) is 6.92 Å². The van der Waals surface area contributed by atoms with E-state index in [0.29, 0.717) is 5.56 Å². The van der Waals surface area contributed by atoms with Crippen LogP contribution in [0, 0.1) is 12.7 Å². The van der Waals surface area contributed by atoms with Crippen molar-refractivity contribution < 1.29 is 19.0 Å². The van der Waals surface area contributed by atoms with Crippen molar-refractivity contribution in [3.8, 4) is 16.9 Å². The molecule has 0 atom stereocenters. The van der Waals surface area contributed by atoms with Crippen molar-refractivity contribution in [3.05, 3.63) is 53.3 Å². The Morgan fingerprint density at radius 3 is 2.53 bits per heavy atom. The molecule has 0 fully saturated rings. The average Bonchev–Trinajstić information content (AvgIpc) is 2.39. The summed E-state index contributed by atoms with van der Waals surface area (Å²) in [5.74, 6) is -1.28. The molecule has 0 aliphatic carbocycles. The topological polar surface area (TPSA) is 46.5 Å². The molecule has 0 bridgehead atoms. The van der Waals surface area contributed by atoms with E-state index in [0.717, 1.165) is 16.9 Å². The fraction of sp³-hybridized carbons (Fsp3) is 0.133. The van der Waals surface area contributed by atoms with Crippen LogP contribution >= 0.6 is 0 Å². The summed E-state index contributed by atoms with van der Waals surface area (Å²) in [6.07, 6.45) is 0. The summed E-state index contributed by atoms with van der Waals surface area (Å²) in [7, 11) is 1.58. The zero-order valence-corrected chi connectivity index (χ0v) is 10.6. The van der Waals surface area contributed by atoms with Gasteiger partial charge in [-0.1, -0.05) is 12.1 Å². The minimum atomic E-state index is -1.27. The monoisotopic (exact) mass is 260 g/mol. The van der Waals surface area contributed by atoms with Crippen LogP contribution < -0.4 is 4.74 Å². The van der Waals surface area contributed by atoms with Gasteiger partial charge in [0.05, 0.1) is 12.7 Å². The smallest absolute Gasteiger partial charge is 0.338 e. The molecule has 0 spiro atoms. The largest absolute Gasteiger partial charge is 0.497 e. The Hall–Kier alpha value is -2.36. The lowest BCUT2D eigenvalue weighted by Crippen LogP contribution is -2.00. The highest BCUT2D eigenvalue weighted by Gasteiger charge is 2.12. The van der Waals surface area contributed by atoms with E-state index in [1.807, 2.05) is 19.1 Å². The molecule has 3 nitrogen and oxygen atoms in total. The second-order valence-corrected chi connectivity index (χ2v) is 4.18. The van der Waals surface area contributed by atoms with Gasteiger partial charge in [0.2, 0.25) is 0 Å². The minimum absolute atomic E-state index is 0.326. The number of aromatic carboxylic acids is 1. The lowest BCUT2D eigenvalue weighted by atomic mass is 9.98. The summed E-state index contributed by atoms with van der Waals surface area (Å²) in [4.78, 5) is 10.9. The molecule has 2 rings (SSSR count). The molecule has 0 radical (unpaired) electrons. The van der Waals surface area contributed by atoms with Gasteiger partial charge >= 0.3 is 5.97 Å². The van der Waals surface area contributed by atoms with Crippen LogP contribution in [0.3, 0.4) is 0 Å². The maximum atomic E-state index is 13.4. The Bertz CT molecular complexity index is 635. The van der Waals surface area contributed by atoms with Crippen molar-refractivity contribution in [2.75, 3.05) is 7.11 Å². The van der Waals surface area contributed by atoms with Crippen LogP contribution in [-0.2, 0) is 0 Å². The van der Waals surface area contributed by atoms with E-state index in [9.17, 15) is 9.18 Å². The van der Waals surface area contributed by atoms with E-state index in [1.165, 1.54) is 12.1 Å². The molecule has 0 heterocycles. The molecule has 0 aromatic heterocycles. The number of benzene rings is 2. The summed E-state index contributed by atoms with van der Waals surface area (Å²) >= 11 is 0. The second kappa shape index (κ2) is 5.10. The van der Waals surface area contributed by atoms with Gasteiger partial charge in [-0.15, -0.1) is 0 Å². The van der Waals surface area contributed by atoms with Crippen molar-refractivity contribution in [2.24, 2.45) is 0 Å². The number of hydrogen-bond donors (Lipinski definition) is 1. The number of carbonyl (C=O) groups is 1. The first-order chi connectivity index (χ1) is 9.02. The van der Waals surface area contributed by atoms with Crippen LogP contribution in [0.15, 0.2) is 36.4 Å². The van der Waals surface area contributed by atoms with Crippen molar-refractivity contribution in [1.29, 1.82) is 0 Å². The van der Waals surface area contributed by atoms with Gasteiger partial charge in [0.25, 0.3) is 0 Å². The zero-order valence-electron chi connectivity index (χ0n) is 10.6. The van der Waals surface area contributed by atoms with E-state index in [2.05, 4.69) is 0 Å². The molecule has 2 aromatic carbocycles. The van der Waals surface area contributed by atoms with Gasteiger partial charge in [-0.05, 0) is 47.9 Å². The first-order valence-corrected chi connectivity index (χ1v) is 5.71. The molecule has 19 heavy (non-hydrogen) atoms. The van der Waals surface area contributed by atoms with Crippen molar-refractivity contribution >= 4 is 5.97 Å². The van der Waals surface area contributed by atoms with E-state index in [-0.39, 0.29) is 5.56 Å². The number of methoxy groups -OCH3 is 1. The molecule has 4 heteroatoms. The predicted octanol–water partition coefficient (Wildman–Crippen LogP) is 3.51. The molecule has 0 amide bonds. The highest BCUT2D eigenvalue weighted by molar-refractivity contribution is 5.90. The van der Waals surface area contributed by atoms with Crippen molar-refractivity contribution in [3.63, 3.8) is 0 Å². The number of rotatable bonds is 3. The molecule has 98 valence electrons. The van der Waals surface area contributed by atoms with E-state index >= 15 is 0 Å². The standard InChI is InChI=1S/C15H13FO3/c1-9-7-11(19-2)4-5-12(9)10-3-6-14(16)13(8-10)15(17)18/h3-8H,1-2H3,(H,17,18). The summed E-state index contributed by atoms with van der Waals surface area (Å²) in [5, 5.41) is 8.93. The molecule has 0 aliphatic rings. The normalized spacial score (nSPS) is 10.3. The fourth-order valence-corrected chi connectivity index (χ4v) is 1.94. The van der Waals surface area contributed by atoms with Crippen LogP contribution in [0.2, 0.25) is 0 Å². The third-order valence-corrected chi connectivity index (χ3v) is 2.94. The Morgan fingerprint density at radius 1 is 1.21 bits per heavy atom. The third-order valence-electron chi connectivity index (χ3n) is 2.94. The zero-order chi connectivity index (χ0) is 14.0. The summed E-state index contributed by atoms with van der Waals surface area (Å²) in [6.45, 7) is 1.89. The molecule has 0 saturated heterocycles. The molecule has 0 saturated carbocycles. The van der Waals surface area contributed by atoms with E-state index < -0.39 is 11.8 Å². The maximum Gasteiger partial charge on any atom is 0.338 e. The molecule has 2 aromatic rings. The Morgan fingerprint density at radius 2 is 1.95 bits per heavy atom. The maximum absolute atomic E-state index is 13.4. The van der Waals surface area contributed by atoms with Gasteiger partial charge in [-0.25, -0.2) is 9.18 Å². The number of ether oxygens (including phenoxy) is 1. The first-order valence-electron chi connectivity index (χ1n) is 5.71. The predicted molar refractivity (Wildman–Crippen MR) is 70.1 cm³/mol. The highest BCUT2D eigenvalue weighted by Crippen LogP contribution is 2.28. The SMILES string of the molecule is COc1ccc(-c2ccc(F)c(C(=O)O)c2)c(C)c1. The Labute approximate surface area is 110 Å². The van der Waals surface area contributed by atoms with E-state index in [4.69, 9.17) is 9.84 Å².